The number of hydrogen-bond donors (Lipinski definition) is 1. The van der Waals surface area contributed by atoms with E-state index in [2.05, 4.69) is 30.8 Å². The summed E-state index contributed by atoms with van der Waals surface area (Å²) < 4.78 is 0. The topological polar surface area (TPSA) is 42.1 Å². The molecule has 0 saturated carbocycles. The van der Waals surface area contributed by atoms with E-state index in [9.17, 15) is 0 Å². The van der Waals surface area contributed by atoms with E-state index in [-0.39, 0.29) is 0 Å². The van der Waals surface area contributed by atoms with E-state index in [4.69, 9.17) is 5.73 Å². The van der Waals surface area contributed by atoms with E-state index in [1.165, 1.54) is 6.42 Å². The van der Waals surface area contributed by atoms with E-state index in [1.807, 2.05) is 19.2 Å². The summed E-state index contributed by atoms with van der Waals surface area (Å²) in [5.41, 5.74) is 7.71. The Morgan fingerprint density at radius 3 is 2.73 bits per heavy atom. The lowest BCUT2D eigenvalue weighted by molar-refractivity contribution is 0.558. The molecule has 0 aliphatic heterocycles. The minimum absolute atomic E-state index is 0.680. The number of anilines is 2. The van der Waals surface area contributed by atoms with Crippen LogP contribution in [0.5, 0.6) is 0 Å². The SMILES string of the molecule is CCC(C)CN(C)c1cc(N)c(C)cn1. The zero-order valence-electron chi connectivity index (χ0n) is 10.1. The van der Waals surface area contributed by atoms with Crippen molar-refractivity contribution in [2.45, 2.75) is 27.2 Å². The quantitative estimate of drug-likeness (QED) is 0.824. The number of nitrogen functional groups attached to an aromatic ring is 1. The molecule has 3 nitrogen and oxygen atoms in total. The van der Waals surface area contributed by atoms with Gasteiger partial charge in [-0.2, -0.15) is 0 Å². The summed E-state index contributed by atoms with van der Waals surface area (Å²) in [6.07, 6.45) is 3.02. The third-order valence-electron chi connectivity index (χ3n) is 2.80. The molecule has 2 N–H and O–H groups in total. The summed E-state index contributed by atoms with van der Waals surface area (Å²) in [6, 6.07) is 1.94. The monoisotopic (exact) mass is 207 g/mol. The van der Waals surface area contributed by atoms with Crippen LogP contribution in [0.4, 0.5) is 11.5 Å². The van der Waals surface area contributed by atoms with Crippen LogP contribution in [0.2, 0.25) is 0 Å². The fraction of sp³-hybridized carbons (Fsp3) is 0.583. The molecule has 1 heterocycles. The Kier molecular flexibility index (Phi) is 3.95. The number of rotatable bonds is 4. The molecule has 1 rings (SSSR count). The minimum Gasteiger partial charge on any atom is -0.398 e. The highest BCUT2D eigenvalue weighted by Crippen LogP contribution is 2.17. The smallest absolute Gasteiger partial charge is 0.130 e. The molecule has 0 aromatic carbocycles. The second-order valence-electron chi connectivity index (χ2n) is 4.29. The molecule has 0 bridgehead atoms. The molecule has 3 heteroatoms. The van der Waals surface area contributed by atoms with Gasteiger partial charge in [-0.3, -0.25) is 0 Å². The van der Waals surface area contributed by atoms with Crippen molar-refractivity contribution in [1.29, 1.82) is 0 Å². The van der Waals surface area contributed by atoms with Gasteiger partial charge in [-0.25, -0.2) is 4.98 Å². The Morgan fingerprint density at radius 1 is 1.53 bits per heavy atom. The Hall–Kier alpha value is -1.25. The third-order valence-corrected chi connectivity index (χ3v) is 2.80. The van der Waals surface area contributed by atoms with Crippen LogP contribution in [0, 0.1) is 12.8 Å². The van der Waals surface area contributed by atoms with Gasteiger partial charge in [0.2, 0.25) is 0 Å². The molecule has 0 amide bonds. The van der Waals surface area contributed by atoms with Gasteiger partial charge in [0.25, 0.3) is 0 Å². The molecule has 1 aromatic rings. The molecule has 0 radical (unpaired) electrons. The third kappa shape index (κ3) is 3.11. The highest BCUT2D eigenvalue weighted by Gasteiger charge is 2.07. The van der Waals surface area contributed by atoms with Crippen molar-refractivity contribution in [2.75, 3.05) is 24.2 Å². The molecule has 1 unspecified atom stereocenters. The largest absolute Gasteiger partial charge is 0.398 e. The van der Waals surface area contributed by atoms with E-state index in [1.54, 1.807) is 0 Å². The molecule has 1 aromatic heterocycles. The summed E-state index contributed by atoms with van der Waals surface area (Å²) in [5, 5.41) is 0. The van der Waals surface area contributed by atoms with E-state index < -0.39 is 0 Å². The van der Waals surface area contributed by atoms with Gasteiger partial charge in [0, 0.05) is 31.5 Å². The van der Waals surface area contributed by atoms with Gasteiger partial charge in [0.15, 0.2) is 0 Å². The maximum absolute atomic E-state index is 5.86. The molecule has 84 valence electrons. The van der Waals surface area contributed by atoms with Crippen LogP contribution in [0.3, 0.4) is 0 Å². The molecule has 1 atom stereocenters. The zero-order chi connectivity index (χ0) is 11.4. The lowest BCUT2D eigenvalue weighted by Gasteiger charge is -2.22. The van der Waals surface area contributed by atoms with Gasteiger partial charge in [0.1, 0.15) is 5.82 Å². The first kappa shape index (κ1) is 11.8. The van der Waals surface area contributed by atoms with Crippen LogP contribution in [0.25, 0.3) is 0 Å². The fourth-order valence-electron chi connectivity index (χ4n) is 1.43. The molecular weight excluding hydrogens is 186 g/mol. The lowest BCUT2D eigenvalue weighted by atomic mass is 10.1. The van der Waals surface area contributed by atoms with Crippen LogP contribution in [0.15, 0.2) is 12.3 Å². The zero-order valence-corrected chi connectivity index (χ0v) is 10.1. The van der Waals surface area contributed by atoms with E-state index in [0.717, 1.165) is 23.6 Å². The van der Waals surface area contributed by atoms with Crippen LogP contribution >= 0.6 is 0 Å². The van der Waals surface area contributed by atoms with E-state index >= 15 is 0 Å². The normalized spacial score (nSPS) is 12.5. The predicted molar refractivity (Wildman–Crippen MR) is 66.1 cm³/mol. The van der Waals surface area contributed by atoms with Gasteiger partial charge in [0.05, 0.1) is 0 Å². The van der Waals surface area contributed by atoms with Crippen molar-refractivity contribution in [3.63, 3.8) is 0 Å². The van der Waals surface area contributed by atoms with Crippen LogP contribution in [-0.4, -0.2) is 18.6 Å². The maximum Gasteiger partial charge on any atom is 0.130 e. The number of nitrogens with zero attached hydrogens (tertiary/aromatic N) is 2. The van der Waals surface area contributed by atoms with Crippen molar-refractivity contribution >= 4 is 11.5 Å². The van der Waals surface area contributed by atoms with Crippen molar-refractivity contribution in [2.24, 2.45) is 5.92 Å². The van der Waals surface area contributed by atoms with Gasteiger partial charge in [-0.1, -0.05) is 20.3 Å². The standard InChI is InChI=1S/C12H21N3/c1-5-9(2)8-15(4)12-6-11(13)10(3)7-14-12/h6-7,9H,5,8H2,1-4H3,(H2,13,14). The number of hydrogen-bond acceptors (Lipinski definition) is 3. The highest BCUT2D eigenvalue weighted by molar-refractivity contribution is 5.54. The van der Waals surface area contributed by atoms with Crippen LogP contribution in [-0.2, 0) is 0 Å². The van der Waals surface area contributed by atoms with Gasteiger partial charge in [-0.05, 0) is 18.4 Å². The molecule has 0 fully saturated rings. The Labute approximate surface area is 92.3 Å². The first-order chi connectivity index (χ1) is 7.04. The molecule has 0 spiro atoms. The maximum atomic E-state index is 5.86. The highest BCUT2D eigenvalue weighted by atomic mass is 15.2. The first-order valence-corrected chi connectivity index (χ1v) is 5.47. The van der Waals surface area contributed by atoms with Crippen molar-refractivity contribution in [1.82, 2.24) is 4.98 Å². The first-order valence-electron chi connectivity index (χ1n) is 5.47. The van der Waals surface area contributed by atoms with Gasteiger partial charge in [-0.15, -0.1) is 0 Å². The average Bonchev–Trinajstić information content (AvgIpc) is 2.21. The lowest BCUT2D eigenvalue weighted by Crippen LogP contribution is -2.24. The molecular formula is C12H21N3. The molecule has 0 saturated heterocycles. The summed E-state index contributed by atoms with van der Waals surface area (Å²) in [7, 11) is 2.06. The number of nitrogens with two attached hydrogens (primary N) is 1. The second kappa shape index (κ2) is 5.01. The Morgan fingerprint density at radius 2 is 2.20 bits per heavy atom. The van der Waals surface area contributed by atoms with Crippen LogP contribution in [0.1, 0.15) is 25.8 Å². The van der Waals surface area contributed by atoms with Gasteiger partial charge >= 0.3 is 0 Å². The molecule has 0 aliphatic carbocycles. The fourth-order valence-corrected chi connectivity index (χ4v) is 1.43. The van der Waals surface area contributed by atoms with Crippen LogP contribution < -0.4 is 10.6 Å². The van der Waals surface area contributed by atoms with Crippen molar-refractivity contribution in [3.8, 4) is 0 Å². The average molecular weight is 207 g/mol. The van der Waals surface area contributed by atoms with Gasteiger partial charge < -0.3 is 10.6 Å². The summed E-state index contributed by atoms with van der Waals surface area (Å²) in [6.45, 7) is 7.44. The van der Waals surface area contributed by atoms with Crippen molar-refractivity contribution in [3.05, 3.63) is 17.8 Å². The second-order valence-corrected chi connectivity index (χ2v) is 4.29. The Balaban J connectivity index is 2.73. The Bertz CT molecular complexity index is 323. The summed E-state index contributed by atoms with van der Waals surface area (Å²) in [5.74, 6) is 1.64. The predicted octanol–water partition coefficient (Wildman–Crippen LogP) is 2.45. The number of aromatic nitrogens is 1. The van der Waals surface area contributed by atoms with Crippen molar-refractivity contribution < 1.29 is 0 Å². The molecule has 0 aliphatic rings. The number of aryl methyl sites for hydroxylation is 1. The molecule has 15 heavy (non-hydrogen) atoms. The minimum atomic E-state index is 0.680. The summed E-state index contributed by atoms with van der Waals surface area (Å²) in [4.78, 5) is 6.53. The number of pyridine rings is 1. The van der Waals surface area contributed by atoms with E-state index in [0.29, 0.717) is 5.92 Å². The summed E-state index contributed by atoms with van der Waals surface area (Å²) >= 11 is 0.